The minimum absolute atomic E-state index is 0.231. The highest BCUT2D eigenvalue weighted by Gasteiger charge is 2.55. The first-order valence-corrected chi connectivity index (χ1v) is 21.5. The van der Waals surface area contributed by atoms with Gasteiger partial charge in [0.2, 0.25) is 0 Å². The zero-order valence-corrected chi connectivity index (χ0v) is 33.7. The van der Waals surface area contributed by atoms with Crippen molar-refractivity contribution in [3.05, 3.63) is 257 Å². The number of aromatic nitrogens is 2. The molecule has 1 aromatic heterocycles. The molecule has 0 aliphatic heterocycles. The molecule has 2 nitrogen and oxygen atoms in total. The van der Waals surface area contributed by atoms with Gasteiger partial charge in [-0.1, -0.05) is 206 Å². The van der Waals surface area contributed by atoms with E-state index in [1.807, 2.05) is 24.3 Å². The predicted molar refractivity (Wildman–Crippen MR) is 251 cm³/mol. The van der Waals surface area contributed by atoms with Crippen LogP contribution in [-0.2, 0) is 5.41 Å². The Morgan fingerprint density at radius 1 is 0.426 bits per heavy atom. The second-order valence-corrected chi connectivity index (χ2v) is 16.7. The van der Waals surface area contributed by atoms with Crippen LogP contribution in [0.15, 0.2) is 230 Å². The lowest BCUT2D eigenvalue weighted by Crippen LogP contribution is -2.35. The molecule has 0 fully saturated rings. The van der Waals surface area contributed by atoms with Gasteiger partial charge >= 0.3 is 0 Å². The fraction of sp³-hybridized carbons (Fsp3) is 0.0847. The van der Waals surface area contributed by atoms with Gasteiger partial charge in [0.05, 0.1) is 16.8 Å². The monoisotopic (exact) mass is 778 g/mol. The molecule has 7 aromatic carbocycles. The zero-order chi connectivity index (χ0) is 40.3. The van der Waals surface area contributed by atoms with Crippen LogP contribution >= 0.6 is 0 Å². The maximum atomic E-state index is 5.12. The van der Waals surface area contributed by atoms with Crippen LogP contribution < -0.4 is 0 Å². The smallest absolute Gasteiger partial charge is 0.160 e. The quantitative estimate of drug-likeness (QED) is 0.174. The van der Waals surface area contributed by atoms with Crippen molar-refractivity contribution in [2.24, 2.45) is 5.92 Å². The molecule has 0 N–H and O–H groups in total. The van der Waals surface area contributed by atoms with E-state index in [2.05, 4.69) is 194 Å². The van der Waals surface area contributed by atoms with E-state index in [-0.39, 0.29) is 17.3 Å². The van der Waals surface area contributed by atoms with Crippen LogP contribution in [0.3, 0.4) is 0 Å². The van der Waals surface area contributed by atoms with E-state index in [9.17, 15) is 0 Å². The SMILES string of the molecule is C1=CC2C(C=C1C1=CC=C(c3cccc(-c4cc(-c5ccccc5)nc(-c5ccccc5)n4)c3)CC1)c1ccccc1C21c2ccccc2-c2ccccc2-c2ccccc21. The first kappa shape index (κ1) is 35.5. The molecule has 8 aromatic rings. The Kier molecular flexibility index (Phi) is 8.38. The predicted octanol–water partition coefficient (Wildman–Crippen LogP) is 14.5. The summed E-state index contributed by atoms with van der Waals surface area (Å²) in [4.78, 5) is 10.1. The second-order valence-electron chi connectivity index (χ2n) is 16.7. The van der Waals surface area contributed by atoms with Crippen molar-refractivity contribution in [2.45, 2.75) is 24.2 Å². The Bertz CT molecular complexity index is 3020. The maximum Gasteiger partial charge on any atom is 0.160 e. The molecule has 1 spiro atoms. The maximum absolute atomic E-state index is 5.12. The van der Waals surface area contributed by atoms with Crippen LogP contribution in [0.1, 0.15) is 46.6 Å². The molecule has 12 rings (SSSR count). The zero-order valence-electron chi connectivity index (χ0n) is 33.7. The summed E-state index contributed by atoms with van der Waals surface area (Å²) in [6, 6.07) is 68.3. The molecular formula is C59H42N2. The van der Waals surface area contributed by atoms with Gasteiger partial charge in [0.1, 0.15) is 0 Å². The highest BCUT2D eigenvalue weighted by molar-refractivity contribution is 5.92. The summed E-state index contributed by atoms with van der Waals surface area (Å²) in [5, 5.41) is 0. The van der Waals surface area contributed by atoms with E-state index in [1.54, 1.807) is 0 Å². The Morgan fingerprint density at radius 3 is 1.62 bits per heavy atom. The van der Waals surface area contributed by atoms with Crippen LogP contribution in [0.4, 0.5) is 0 Å². The van der Waals surface area contributed by atoms with Crippen molar-refractivity contribution >= 4 is 5.57 Å². The summed E-state index contributed by atoms with van der Waals surface area (Å²) >= 11 is 0. The van der Waals surface area contributed by atoms with Gasteiger partial charge in [-0.05, 0) is 91.8 Å². The van der Waals surface area contributed by atoms with Gasteiger partial charge in [0.25, 0.3) is 0 Å². The fourth-order valence-electron chi connectivity index (χ4n) is 10.9. The third kappa shape index (κ3) is 5.70. The van der Waals surface area contributed by atoms with Crippen molar-refractivity contribution in [3.63, 3.8) is 0 Å². The van der Waals surface area contributed by atoms with Crippen LogP contribution in [0.2, 0.25) is 0 Å². The molecule has 1 heterocycles. The normalized spacial score (nSPS) is 17.7. The second kappa shape index (κ2) is 14.4. The van der Waals surface area contributed by atoms with Crippen molar-refractivity contribution in [1.82, 2.24) is 9.97 Å². The van der Waals surface area contributed by atoms with Gasteiger partial charge in [-0.3, -0.25) is 0 Å². The van der Waals surface area contributed by atoms with Crippen molar-refractivity contribution < 1.29 is 0 Å². The molecule has 2 heteroatoms. The van der Waals surface area contributed by atoms with E-state index in [0.717, 1.165) is 46.7 Å². The molecule has 0 saturated carbocycles. The van der Waals surface area contributed by atoms with Gasteiger partial charge in [-0.15, -0.1) is 0 Å². The van der Waals surface area contributed by atoms with E-state index in [0.29, 0.717) is 0 Å². The molecule has 0 radical (unpaired) electrons. The third-order valence-electron chi connectivity index (χ3n) is 13.6. The first-order valence-electron chi connectivity index (χ1n) is 21.5. The Morgan fingerprint density at radius 2 is 0.951 bits per heavy atom. The number of rotatable bonds is 5. The molecule has 0 amide bonds. The minimum atomic E-state index is -0.335. The molecule has 0 saturated heterocycles. The van der Waals surface area contributed by atoms with Gasteiger partial charge in [-0.2, -0.15) is 0 Å². The van der Waals surface area contributed by atoms with Gasteiger partial charge < -0.3 is 0 Å². The fourth-order valence-corrected chi connectivity index (χ4v) is 10.9. The molecular weight excluding hydrogens is 737 g/mol. The number of hydrogen-bond donors (Lipinski definition) is 0. The number of nitrogens with zero attached hydrogens (tertiary/aromatic N) is 2. The van der Waals surface area contributed by atoms with Crippen LogP contribution in [-0.4, -0.2) is 9.97 Å². The van der Waals surface area contributed by atoms with E-state index in [1.165, 1.54) is 66.8 Å². The van der Waals surface area contributed by atoms with Crippen molar-refractivity contribution in [3.8, 4) is 56.2 Å². The molecule has 2 atom stereocenters. The first-order chi connectivity index (χ1) is 30.2. The lowest BCUT2D eigenvalue weighted by atomic mass is 9.61. The van der Waals surface area contributed by atoms with Crippen LogP contribution in [0, 0.1) is 5.92 Å². The van der Waals surface area contributed by atoms with Crippen molar-refractivity contribution in [2.75, 3.05) is 0 Å². The minimum Gasteiger partial charge on any atom is -0.228 e. The van der Waals surface area contributed by atoms with E-state index in [4.69, 9.17) is 9.97 Å². The molecule has 288 valence electrons. The molecule has 4 aliphatic carbocycles. The molecule has 0 bridgehead atoms. The van der Waals surface area contributed by atoms with Gasteiger partial charge in [0, 0.05) is 28.5 Å². The lowest BCUT2D eigenvalue weighted by Gasteiger charge is -2.40. The van der Waals surface area contributed by atoms with E-state index >= 15 is 0 Å². The topological polar surface area (TPSA) is 25.8 Å². The van der Waals surface area contributed by atoms with E-state index < -0.39 is 0 Å². The summed E-state index contributed by atoms with van der Waals surface area (Å²) in [6.45, 7) is 0. The van der Waals surface area contributed by atoms with Crippen LogP contribution in [0.25, 0.3) is 61.7 Å². The Labute approximate surface area is 357 Å². The van der Waals surface area contributed by atoms with Gasteiger partial charge in [0.15, 0.2) is 5.82 Å². The number of fused-ring (bicyclic) bond motifs is 12. The Hall–Kier alpha value is -7.42. The number of benzene rings is 7. The number of allylic oxidation sites excluding steroid dienone is 8. The highest BCUT2D eigenvalue weighted by Crippen LogP contribution is 2.64. The van der Waals surface area contributed by atoms with Crippen LogP contribution in [0.5, 0.6) is 0 Å². The summed E-state index contributed by atoms with van der Waals surface area (Å²) in [7, 11) is 0. The molecule has 61 heavy (non-hydrogen) atoms. The highest BCUT2D eigenvalue weighted by atomic mass is 14.9. The lowest BCUT2D eigenvalue weighted by molar-refractivity contribution is 0.458. The number of hydrogen-bond acceptors (Lipinski definition) is 2. The van der Waals surface area contributed by atoms with Crippen molar-refractivity contribution in [1.29, 1.82) is 0 Å². The summed E-state index contributed by atoms with van der Waals surface area (Å²) < 4.78 is 0. The average Bonchev–Trinajstić information content (AvgIpc) is 3.58. The Balaban J connectivity index is 0.911. The molecule has 2 unspecified atom stereocenters. The summed E-state index contributed by atoms with van der Waals surface area (Å²) in [5.74, 6) is 1.21. The standard InChI is InChI=1S/C59H42N2/c1-3-16-41(17-4-1)56-38-57(61-58(60-56)42-18-5-2-6-19-42)45-21-15-20-43(36-45)39-30-32-40(33-31-39)44-34-35-55-51(37-44)50-26-11-14-29-54(50)59(55)52-27-12-9-24-48(52)46-22-7-8-23-47(46)49-25-10-13-28-53(49)59/h1-30,32,34-38,51,55H,31,33H2. The summed E-state index contributed by atoms with van der Waals surface area (Å²) in [6.07, 6.45) is 14.3. The van der Waals surface area contributed by atoms with Gasteiger partial charge in [-0.25, -0.2) is 9.97 Å². The third-order valence-corrected chi connectivity index (χ3v) is 13.6. The summed E-state index contributed by atoms with van der Waals surface area (Å²) in [5.41, 5.74) is 21.0. The molecule has 4 aliphatic rings. The largest absolute Gasteiger partial charge is 0.228 e. The average molecular weight is 779 g/mol.